The zero-order chi connectivity index (χ0) is 10.2. The largest absolute Gasteiger partial charge is 1.00 e. The van der Waals surface area contributed by atoms with Gasteiger partial charge in [-0.15, -0.1) is 5.41 Å². The molecule has 0 spiro atoms. The monoisotopic (exact) mass is 302 g/mol. The van der Waals surface area contributed by atoms with Crippen molar-refractivity contribution in [2.24, 2.45) is 10.8 Å². The molecule has 0 aromatic heterocycles. The van der Waals surface area contributed by atoms with Crippen molar-refractivity contribution < 1.29 is 36.7 Å². The van der Waals surface area contributed by atoms with Crippen LogP contribution in [0.3, 0.4) is 0 Å². The first-order valence-corrected chi connectivity index (χ1v) is 5.14. The van der Waals surface area contributed by atoms with Gasteiger partial charge in [0.1, 0.15) is 0 Å². The van der Waals surface area contributed by atoms with Crippen LogP contribution in [0.15, 0.2) is 0 Å². The quantitative estimate of drug-likeness (QED) is 0.442. The molecule has 0 unspecified atom stereocenters. The maximum atomic E-state index is 11.6. The maximum absolute atomic E-state index is 11.6. The third kappa shape index (κ3) is 1.93. The van der Waals surface area contributed by atoms with Gasteiger partial charge in [-0.05, 0) is 19.3 Å². The van der Waals surface area contributed by atoms with Crippen LogP contribution in [0, 0.1) is 10.8 Å². The Labute approximate surface area is 105 Å². The SMILES string of the molecule is COC(=O)C12CCC([C-]=O)(CC1)CC2.[Ag+]. The minimum Gasteiger partial charge on any atom is -0.541 e. The van der Waals surface area contributed by atoms with Crippen molar-refractivity contribution in [2.45, 2.75) is 38.5 Å². The summed E-state index contributed by atoms with van der Waals surface area (Å²) in [6, 6.07) is 0. The normalized spacial score (nSPS) is 37.9. The number of carbonyl (C=O) groups is 1. The molecular formula is C11H15AgO3. The summed E-state index contributed by atoms with van der Waals surface area (Å²) >= 11 is 0. The van der Waals surface area contributed by atoms with Gasteiger partial charge in [0.05, 0.1) is 12.5 Å². The minimum atomic E-state index is -0.270. The molecule has 0 atom stereocenters. The van der Waals surface area contributed by atoms with E-state index in [2.05, 4.69) is 6.29 Å². The molecule has 4 heteroatoms. The van der Waals surface area contributed by atoms with Crippen LogP contribution in [-0.4, -0.2) is 19.4 Å². The number of carbonyl (C=O) groups excluding carboxylic acids is 2. The van der Waals surface area contributed by atoms with Crippen LogP contribution in [0.25, 0.3) is 0 Å². The van der Waals surface area contributed by atoms with Crippen molar-refractivity contribution in [3.63, 3.8) is 0 Å². The summed E-state index contributed by atoms with van der Waals surface area (Å²) in [5, 5.41) is 0. The van der Waals surface area contributed by atoms with E-state index in [1.54, 1.807) is 0 Å². The van der Waals surface area contributed by atoms with Crippen LogP contribution in [0.1, 0.15) is 38.5 Å². The third-order valence-electron chi connectivity index (χ3n) is 4.08. The van der Waals surface area contributed by atoms with Gasteiger partial charge in [0, 0.05) is 0 Å². The van der Waals surface area contributed by atoms with Crippen LogP contribution in [-0.2, 0) is 36.7 Å². The van der Waals surface area contributed by atoms with E-state index in [0.29, 0.717) is 0 Å². The Kier molecular flexibility index (Phi) is 3.80. The van der Waals surface area contributed by atoms with Crippen molar-refractivity contribution in [1.29, 1.82) is 0 Å². The first kappa shape index (κ1) is 12.9. The van der Waals surface area contributed by atoms with Crippen molar-refractivity contribution in [1.82, 2.24) is 0 Å². The molecule has 3 saturated carbocycles. The topological polar surface area (TPSA) is 43.4 Å². The van der Waals surface area contributed by atoms with Crippen LogP contribution < -0.4 is 0 Å². The Morgan fingerprint density at radius 1 is 1.13 bits per heavy atom. The van der Waals surface area contributed by atoms with Gasteiger partial charge in [0.25, 0.3) is 0 Å². The summed E-state index contributed by atoms with van der Waals surface area (Å²) < 4.78 is 4.84. The van der Waals surface area contributed by atoms with Crippen LogP contribution in [0.4, 0.5) is 0 Å². The third-order valence-corrected chi connectivity index (χ3v) is 4.08. The Balaban J connectivity index is 0.00000112. The van der Waals surface area contributed by atoms with Crippen LogP contribution in [0.5, 0.6) is 0 Å². The maximum Gasteiger partial charge on any atom is 1.00 e. The predicted molar refractivity (Wildman–Crippen MR) is 50.3 cm³/mol. The van der Waals surface area contributed by atoms with Gasteiger partial charge in [-0.1, -0.05) is 19.3 Å². The van der Waals surface area contributed by atoms with Gasteiger partial charge in [-0.3, -0.25) is 11.1 Å². The van der Waals surface area contributed by atoms with Crippen LogP contribution in [0.2, 0.25) is 0 Å². The van der Waals surface area contributed by atoms with E-state index in [0.717, 1.165) is 38.5 Å². The van der Waals surface area contributed by atoms with Crippen molar-refractivity contribution in [3.8, 4) is 0 Å². The Morgan fingerprint density at radius 3 is 1.93 bits per heavy atom. The molecule has 0 heterocycles. The molecule has 0 amide bonds. The zero-order valence-electron chi connectivity index (χ0n) is 8.77. The van der Waals surface area contributed by atoms with Gasteiger partial charge in [0.15, 0.2) is 0 Å². The molecule has 3 nitrogen and oxygen atoms in total. The number of esters is 1. The summed E-state index contributed by atoms with van der Waals surface area (Å²) in [4.78, 5) is 22.5. The average Bonchev–Trinajstić information content (AvgIpc) is 2.30. The molecule has 3 aliphatic rings. The second kappa shape index (κ2) is 4.40. The number of methoxy groups -OCH3 is 1. The van der Waals surface area contributed by atoms with Crippen molar-refractivity contribution >= 4 is 12.3 Å². The molecule has 2 bridgehead atoms. The first-order valence-electron chi connectivity index (χ1n) is 5.14. The summed E-state index contributed by atoms with van der Waals surface area (Å²) in [5.41, 5.74) is -0.497. The number of rotatable bonds is 2. The van der Waals surface area contributed by atoms with Crippen LogP contribution >= 0.6 is 0 Å². The number of ether oxygens (including phenoxy) is 1. The second-order valence-corrected chi connectivity index (χ2v) is 4.65. The Morgan fingerprint density at radius 2 is 1.60 bits per heavy atom. The van der Waals surface area contributed by atoms with E-state index in [1.807, 2.05) is 0 Å². The fourth-order valence-corrected chi connectivity index (χ4v) is 2.86. The van der Waals surface area contributed by atoms with E-state index in [9.17, 15) is 9.59 Å². The standard InChI is InChI=1S/C11H15O3.Ag/c1-14-9(13)11-5-2-10(8-12,3-6-11)4-7-11;/h2-7H2,1H3;/q-1;+1. The molecule has 0 radical (unpaired) electrons. The summed E-state index contributed by atoms with van der Waals surface area (Å²) in [5.74, 6) is -0.0864. The molecule has 0 aromatic carbocycles. The molecule has 0 N–H and O–H groups in total. The van der Waals surface area contributed by atoms with Crippen molar-refractivity contribution in [2.75, 3.05) is 7.11 Å². The molecule has 15 heavy (non-hydrogen) atoms. The number of fused-ring (bicyclic) bond motifs is 3. The van der Waals surface area contributed by atoms with Gasteiger partial charge >= 0.3 is 28.3 Å². The Bertz CT molecular complexity index is 250. The summed E-state index contributed by atoms with van der Waals surface area (Å²) in [6.07, 6.45) is 7.01. The van der Waals surface area contributed by atoms with E-state index >= 15 is 0 Å². The molecule has 88 valence electrons. The van der Waals surface area contributed by atoms with E-state index in [1.165, 1.54) is 7.11 Å². The van der Waals surface area contributed by atoms with Gasteiger partial charge in [-0.2, -0.15) is 0 Å². The molecule has 3 rings (SSSR count). The summed E-state index contributed by atoms with van der Waals surface area (Å²) in [7, 11) is 1.44. The Hall–Kier alpha value is -0.120. The molecule has 0 aromatic rings. The fourth-order valence-electron chi connectivity index (χ4n) is 2.86. The van der Waals surface area contributed by atoms with Gasteiger partial charge in [-0.25, -0.2) is 0 Å². The fraction of sp³-hybridized carbons (Fsp3) is 0.818. The van der Waals surface area contributed by atoms with Crippen molar-refractivity contribution in [3.05, 3.63) is 0 Å². The van der Waals surface area contributed by atoms with Gasteiger partial charge < -0.3 is 9.53 Å². The summed E-state index contributed by atoms with van der Waals surface area (Å²) in [6.45, 7) is 0. The predicted octanol–water partition coefficient (Wildman–Crippen LogP) is 1.61. The van der Waals surface area contributed by atoms with E-state index < -0.39 is 0 Å². The average molecular weight is 303 g/mol. The zero-order valence-corrected chi connectivity index (χ0v) is 10.3. The smallest absolute Gasteiger partial charge is 0.541 e. The first-order chi connectivity index (χ1) is 6.66. The van der Waals surface area contributed by atoms with E-state index in [-0.39, 0.29) is 39.2 Å². The second-order valence-electron chi connectivity index (χ2n) is 4.65. The molecule has 0 aliphatic heterocycles. The molecular weight excluding hydrogens is 288 g/mol. The van der Waals surface area contributed by atoms with Gasteiger partial charge in [0.2, 0.25) is 0 Å². The molecule has 0 saturated heterocycles. The molecule has 3 aliphatic carbocycles. The minimum absolute atomic E-state index is 0. The van der Waals surface area contributed by atoms with E-state index in [4.69, 9.17) is 4.74 Å². The number of hydrogen-bond acceptors (Lipinski definition) is 3. The molecule has 3 fully saturated rings. The number of hydrogen-bond donors (Lipinski definition) is 0.